The van der Waals surface area contributed by atoms with Crippen LogP contribution in [-0.4, -0.2) is 22.0 Å². The van der Waals surface area contributed by atoms with E-state index in [9.17, 15) is 9.59 Å². The fourth-order valence-corrected chi connectivity index (χ4v) is 4.84. The van der Waals surface area contributed by atoms with Crippen LogP contribution in [-0.2, 0) is 9.59 Å². The van der Waals surface area contributed by atoms with Crippen LogP contribution in [0, 0.1) is 11.8 Å². The fourth-order valence-electron chi connectivity index (χ4n) is 4.02. The Bertz CT molecular complexity index is 1010. The molecular formula is C24H25ClN2O3S. The molecule has 0 bridgehead atoms. The summed E-state index contributed by atoms with van der Waals surface area (Å²) in [4.78, 5) is 27.5. The molecule has 2 N–H and O–H groups in total. The molecule has 0 atom stereocenters. The Morgan fingerprint density at radius 2 is 1.52 bits per heavy atom. The highest BCUT2D eigenvalue weighted by Crippen LogP contribution is 2.33. The van der Waals surface area contributed by atoms with Crippen molar-refractivity contribution in [1.29, 1.82) is 0 Å². The molecule has 2 aromatic heterocycles. The summed E-state index contributed by atoms with van der Waals surface area (Å²) in [6.07, 6.45) is 7.00. The normalized spacial score (nSPS) is 18.1. The molecule has 0 aliphatic heterocycles. The number of halogens is 1. The Morgan fingerprint density at radius 1 is 0.935 bits per heavy atom. The second-order valence-electron chi connectivity index (χ2n) is 7.82. The van der Waals surface area contributed by atoms with Gasteiger partial charge in [-0.25, -0.2) is 0 Å². The van der Waals surface area contributed by atoms with Gasteiger partial charge < -0.3 is 10.4 Å². The average molecular weight is 457 g/mol. The number of hydrogen-bond donors (Lipinski definition) is 2. The molecule has 1 amide bonds. The van der Waals surface area contributed by atoms with E-state index in [4.69, 9.17) is 5.11 Å². The maximum atomic E-state index is 12.4. The van der Waals surface area contributed by atoms with E-state index in [0.29, 0.717) is 19.3 Å². The Hall–Kier alpha value is -2.70. The monoisotopic (exact) mass is 456 g/mol. The highest BCUT2D eigenvalue weighted by molar-refractivity contribution is 7.14. The van der Waals surface area contributed by atoms with Gasteiger partial charge in [0.1, 0.15) is 0 Å². The van der Waals surface area contributed by atoms with Crippen molar-refractivity contribution in [2.24, 2.45) is 11.8 Å². The number of aromatic nitrogens is 1. The molecule has 0 saturated heterocycles. The van der Waals surface area contributed by atoms with Crippen LogP contribution in [0.5, 0.6) is 0 Å². The van der Waals surface area contributed by atoms with Gasteiger partial charge in [0.15, 0.2) is 0 Å². The number of nitrogens with zero attached hydrogens (tertiary/aromatic N) is 1. The molecule has 1 saturated carbocycles. The Labute approximate surface area is 192 Å². The third-order valence-electron chi connectivity index (χ3n) is 5.76. The molecule has 0 unspecified atom stereocenters. The van der Waals surface area contributed by atoms with Gasteiger partial charge >= 0.3 is 5.97 Å². The number of nitrogens with one attached hydrogen (secondary N) is 1. The van der Waals surface area contributed by atoms with Crippen molar-refractivity contribution < 1.29 is 14.7 Å². The molecule has 1 aliphatic rings. The molecule has 0 radical (unpaired) electrons. The van der Waals surface area contributed by atoms with E-state index in [1.807, 2.05) is 18.2 Å². The van der Waals surface area contributed by atoms with Crippen LogP contribution in [0.3, 0.4) is 0 Å². The van der Waals surface area contributed by atoms with Crippen LogP contribution < -0.4 is 5.32 Å². The number of aliphatic carboxylic acids is 1. The number of amides is 1. The summed E-state index contributed by atoms with van der Waals surface area (Å²) < 4.78 is 0. The number of carboxylic acid groups (broad SMARTS) is 1. The maximum absolute atomic E-state index is 12.4. The molecule has 1 aromatic carbocycles. The van der Waals surface area contributed by atoms with Crippen molar-refractivity contribution in [2.45, 2.75) is 32.1 Å². The number of thiophene rings is 1. The highest BCUT2D eigenvalue weighted by Gasteiger charge is 2.27. The van der Waals surface area contributed by atoms with Crippen LogP contribution in [0.4, 0.5) is 5.00 Å². The minimum absolute atomic E-state index is 0. The van der Waals surface area contributed by atoms with Crippen LogP contribution >= 0.6 is 23.7 Å². The summed E-state index contributed by atoms with van der Waals surface area (Å²) in [6.45, 7) is 0. The maximum Gasteiger partial charge on any atom is 0.306 e. The first-order valence-electron chi connectivity index (χ1n) is 10.2. The molecule has 3 aromatic rings. The van der Waals surface area contributed by atoms with Gasteiger partial charge in [-0.3, -0.25) is 14.6 Å². The number of hydrogen-bond acceptors (Lipinski definition) is 4. The summed E-state index contributed by atoms with van der Waals surface area (Å²) in [7, 11) is 0. The number of pyridine rings is 1. The zero-order valence-electron chi connectivity index (χ0n) is 17.0. The summed E-state index contributed by atoms with van der Waals surface area (Å²) in [6, 6.07) is 14.3. The van der Waals surface area contributed by atoms with E-state index >= 15 is 0 Å². The summed E-state index contributed by atoms with van der Waals surface area (Å²) in [5.41, 5.74) is 4.46. The molecule has 2 heterocycles. The van der Waals surface area contributed by atoms with E-state index in [-0.39, 0.29) is 30.2 Å². The lowest BCUT2D eigenvalue weighted by Crippen LogP contribution is -2.24. The van der Waals surface area contributed by atoms with Gasteiger partial charge in [-0.2, -0.15) is 0 Å². The number of carbonyl (C=O) groups is 2. The van der Waals surface area contributed by atoms with E-state index < -0.39 is 5.97 Å². The summed E-state index contributed by atoms with van der Waals surface area (Å²) >= 11 is 1.52. The number of anilines is 1. The number of benzene rings is 1. The van der Waals surface area contributed by atoms with Crippen molar-refractivity contribution in [3.8, 4) is 22.3 Å². The van der Waals surface area contributed by atoms with Crippen molar-refractivity contribution in [1.82, 2.24) is 4.98 Å². The quantitative estimate of drug-likeness (QED) is 0.468. The third kappa shape index (κ3) is 5.93. The minimum atomic E-state index is -0.710. The van der Waals surface area contributed by atoms with Gasteiger partial charge in [0.2, 0.25) is 5.91 Å². The summed E-state index contributed by atoms with van der Waals surface area (Å²) in [5, 5.41) is 15.0. The molecule has 5 nitrogen and oxygen atoms in total. The Balaban J connectivity index is 0.00000272. The third-order valence-corrected chi connectivity index (χ3v) is 6.61. The molecule has 31 heavy (non-hydrogen) atoms. The van der Waals surface area contributed by atoms with E-state index in [1.165, 1.54) is 11.3 Å². The molecule has 7 heteroatoms. The lowest BCUT2D eigenvalue weighted by molar-refractivity contribution is -0.143. The van der Waals surface area contributed by atoms with Crippen LogP contribution in [0.25, 0.3) is 22.3 Å². The lowest BCUT2D eigenvalue weighted by atomic mass is 9.80. The van der Waals surface area contributed by atoms with Gasteiger partial charge in [0.05, 0.1) is 10.9 Å². The average Bonchev–Trinajstić information content (AvgIpc) is 3.23. The topological polar surface area (TPSA) is 79.3 Å². The zero-order valence-corrected chi connectivity index (χ0v) is 18.6. The van der Waals surface area contributed by atoms with Crippen LogP contribution in [0.2, 0.25) is 0 Å². The Kier molecular flexibility index (Phi) is 7.82. The number of carboxylic acids is 1. The minimum Gasteiger partial charge on any atom is -0.481 e. The lowest BCUT2D eigenvalue weighted by Gasteiger charge is -2.25. The van der Waals surface area contributed by atoms with Crippen molar-refractivity contribution >= 4 is 40.6 Å². The first-order valence-corrected chi connectivity index (χ1v) is 11.1. The van der Waals surface area contributed by atoms with E-state index in [2.05, 4.69) is 39.9 Å². The second-order valence-corrected chi connectivity index (χ2v) is 8.73. The SMILES string of the molecule is Cl.O=C(CC1CCC(C(=O)O)CC1)Nc1cc(-c2ccc(-c3ccncc3)cc2)cs1. The van der Waals surface area contributed by atoms with Crippen LogP contribution in [0.1, 0.15) is 32.1 Å². The first-order chi connectivity index (χ1) is 14.6. The molecule has 0 spiro atoms. The Morgan fingerprint density at radius 3 is 2.13 bits per heavy atom. The van der Waals surface area contributed by atoms with Gasteiger partial charge in [0.25, 0.3) is 0 Å². The van der Waals surface area contributed by atoms with Gasteiger partial charge in [-0.05, 0) is 72.1 Å². The van der Waals surface area contributed by atoms with Gasteiger partial charge in [0, 0.05) is 24.2 Å². The molecule has 1 aliphatic carbocycles. The van der Waals surface area contributed by atoms with Gasteiger partial charge in [-0.1, -0.05) is 24.3 Å². The fraction of sp³-hybridized carbons (Fsp3) is 0.292. The number of rotatable bonds is 6. The predicted octanol–water partition coefficient (Wildman–Crippen LogP) is 6.12. The largest absolute Gasteiger partial charge is 0.481 e. The van der Waals surface area contributed by atoms with E-state index in [0.717, 1.165) is 40.1 Å². The molecular weight excluding hydrogens is 432 g/mol. The zero-order chi connectivity index (χ0) is 20.9. The highest BCUT2D eigenvalue weighted by atomic mass is 35.5. The first kappa shape index (κ1) is 23.0. The van der Waals surface area contributed by atoms with Gasteiger partial charge in [-0.15, -0.1) is 23.7 Å². The van der Waals surface area contributed by atoms with Crippen molar-refractivity contribution in [3.05, 3.63) is 60.2 Å². The molecule has 1 fully saturated rings. The second kappa shape index (κ2) is 10.6. The number of carbonyl (C=O) groups excluding carboxylic acids is 1. The predicted molar refractivity (Wildman–Crippen MR) is 127 cm³/mol. The van der Waals surface area contributed by atoms with Crippen molar-refractivity contribution in [3.63, 3.8) is 0 Å². The smallest absolute Gasteiger partial charge is 0.306 e. The van der Waals surface area contributed by atoms with Crippen molar-refractivity contribution in [2.75, 3.05) is 5.32 Å². The molecule has 4 rings (SSSR count). The van der Waals surface area contributed by atoms with Crippen LogP contribution in [0.15, 0.2) is 60.2 Å². The standard InChI is InChI=1S/C24H24N2O3S.ClH/c27-22(13-16-1-3-20(4-2-16)24(28)29)26-23-14-21(15-30-23)18-7-5-17(6-8-18)19-9-11-25-12-10-19;/h5-12,14-16,20H,1-4,13H2,(H,26,27)(H,28,29);1H. The molecule has 162 valence electrons. The van der Waals surface area contributed by atoms with E-state index in [1.54, 1.807) is 12.4 Å². The summed E-state index contributed by atoms with van der Waals surface area (Å²) in [5.74, 6) is -0.664.